The molecule has 0 unspecified atom stereocenters. The van der Waals surface area contributed by atoms with E-state index in [-0.39, 0.29) is 18.1 Å². The van der Waals surface area contributed by atoms with E-state index in [0.29, 0.717) is 11.3 Å². The Kier molecular flexibility index (Phi) is 4.52. The van der Waals surface area contributed by atoms with E-state index in [1.165, 1.54) is 13.2 Å². The Morgan fingerprint density at radius 3 is 2.71 bits per heavy atom. The van der Waals surface area contributed by atoms with E-state index in [0.717, 1.165) is 5.56 Å². The van der Waals surface area contributed by atoms with E-state index in [2.05, 4.69) is 5.32 Å². The van der Waals surface area contributed by atoms with Crippen LogP contribution in [0.25, 0.3) is 11.1 Å². The molecule has 2 rings (SSSR count). The van der Waals surface area contributed by atoms with Crippen molar-refractivity contribution in [2.75, 3.05) is 12.4 Å². The van der Waals surface area contributed by atoms with Gasteiger partial charge in [-0.15, -0.1) is 0 Å². The average molecular weight is 284 g/mol. The number of amides is 1. The van der Waals surface area contributed by atoms with Gasteiger partial charge in [0.25, 0.3) is 0 Å². The molecule has 106 valence electrons. The van der Waals surface area contributed by atoms with Crippen molar-refractivity contribution in [2.24, 2.45) is 0 Å². The molecule has 1 amide bonds. The maximum Gasteiger partial charge on any atom is 0.238 e. The summed E-state index contributed by atoms with van der Waals surface area (Å²) in [7, 11) is 1.41. The lowest BCUT2D eigenvalue weighted by molar-refractivity contribution is -0.115. The van der Waals surface area contributed by atoms with Crippen LogP contribution in [-0.2, 0) is 4.79 Å². The maximum absolute atomic E-state index is 13.7. The standard InChI is InChI=1S/C16H13FN2O2/c1-21-15-6-5-12(10-14(15)17)11-3-2-4-13(9-11)19-16(20)7-8-18/h2-6,9-10H,7H2,1H3,(H,19,20). The number of nitriles is 1. The summed E-state index contributed by atoms with van der Waals surface area (Å²) in [6.45, 7) is 0. The number of methoxy groups -OCH3 is 1. The smallest absolute Gasteiger partial charge is 0.238 e. The zero-order chi connectivity index (χ0) is 15.2. The van der Waals surface area contributed by atoms with Crippen molar-refractivity contribution in [3.05, 3.63) is 48.3 Å². The second-order valence-electron chi connectivity index (χ2n) is 4.31. The molecule has 0 aliphatic carbocycles. The Bertz CT molecular complexity index is 708. The van der Waals surface area contributed by atoms with E-state index in [1.54, 1.807) is 42.5 Å². The molecule has 0 aliphatic heterocycles. The summed E-state index contributed by atoms with van der Waals surface area (Å²) in [6.07, 6.45) is -0.207. The molecule has 0 aromatic heterocycles. The summed E-state index contributed by atoms with van der Waals surface area (Å²) in [5.74, 6) is -0.651. The van der Waals surface area contributed by atoms with Crippen molar-refractivity contribution in [3.8, 4) is 22.9 Å². The highest BCUT2D eigenvalue weighted by atomic mass is 19.1. The first-order valence-electron chi connectivity index (χ1n) is 6.25. The summed E-state index contributed by atoms with van der Waals surface area (Å²) in [5, 5.41) is 11.1. The van der Waals surface area contributed by atoms with Crippen LogP contribution < -0.4 is 10.1 Å². The van der Waals surface area contributed by atoms with E-state index in [4.69, 9.17) is 10.00 Å². The number of ether oxygens (including phenoxy) is 1. The van der Waals surface area contributed by atoms with Crippen LogP contribution in [0.3, 0.4) is 0 Å². The van der Waals surface area contributed by atoms with Crippen LogP contribution in [0.4, 0.5) is 10.1 Å². The SMILES string of the molecule is COc1ccc(-c2cccc(NC(=O)CC#N)c2)cc1F. The van der Waals surface area contributed by atoms with Gasteiger partial charge in [0.2, 0.25) is 5.91 Å². The summed E-state index contributed by atoms with van der Waals surface area (Å²) in [5.41, 5.74) is 1.99. The number of halogens is 1. The molecule has 0 spiro atoms. The molecule has 0 saturated heterocycles. The number of carbonyl (C=O) groups excluding carboxylic acids is 1. The second kappa shape index (κ2) is 6.53. The number of hydrogen-bond donors (Lipinski definition) is 1. The average Bonchev–Trinajstić information content (AvgIpc) is 2.47. The molecule has 4 nitrogen and oxygen atoms in total. The molecule has 0 aliphatic rings. The first-order chi connectivity index (χ1) is 10.1. The van der Waals surface area contributed by atoms with Crippen LogP contribution in [0, 0.1) is 17.1 Å². The Hall–Kier alpha value is -2.87. The topological polar surface area (TPSA) is 62.1 Å². The molecule has 2 aromatic carbocycles. The van der Waals surface area contributed by atoms with Gasteiger partial charge in [0.05, 0.1) is 13.2 Å². The molecule has 0 atom stereocenters. The van der Waals surface area contributed by atoms with Gasteiger partial charge in [0.1, 0.15) is 6.42 Å². The van der Waals surface area contributed by atoms with E-state index < -0.39 is 5.82 Å². The number of nitrogens with zero attached hydrogens (tertiary/aromatic N) is 1. The number of benzene rings is 2. The first-order valence-corrected chi connectivity index (χ1v) is 6.25. The van der Waals surface area contributed by atoms with Gasteiger partial charge >= 0.3 is 0 Å². The molecule has 1 N–H and O–H groups in total. The van der Waals surface area contributed by atoms with Crippen LogP contribution in [0.15, 0.2) is 42.5 Å². The first kappa shape index (κ1) is 14.5. The van der Waals surface area contributed by atoms with Crippen molar-refractivity contribution in [1.29, 1.82) is 5.26 Å². The summed E-state index contributed by atoms with van der Waals surface area (Å²) in [6, 6.07) is 13.4. The predicted molar refractivity (Wildman–Crippen MR) is 77.2 cm³/mol. The van der Waals surface area contributed by atoms with Crippen LogP contribution in [0.2, 0.25) is 0 Å². The highest BCUT2D eigenvalue weighted by Gasteiger charge is 2.07. The minimum absolute atomic E-state index is 0.178. The van der Waals surface area contributed by atoms with Crippen molar-refractivity contribution < 1.29 is 13.9 Å². The van der Waals surface area contributed by atoms with Crippen LogP contribution in [-0.4, -0.2) is 13.0 Å². The molecule has 0 bridgehead atoms. The highest BCUT2D eigenvalue weighted by Crippen LogP contribution is 2.27. The molecule has 21 heavy (non-hydrogen) atoms. The van der Waals surface area contributed by atoms with Gasteiger partial charge < -0.3 is 10.1 Å². The molecule has 0 saturated carbocycles. The number of rotatable bonds is 4. The van der Waals surface area contributed by atoms with Crippen molar-refractivity contribution in [2.45, 2.75) is 6.42 Å². The second-order valence-corrected chi connectivity index (χ2v) is 4.31. The molecule has 0 fully saturated rings. The number of anilines is 1. The van der Waals surface area contributed by atoms with Gasteiger partial charge in [-0.05, 0) is 35.4 Å². The lowest BCUT2D eigenvalue weighted by Crippen LogP contribution is -2.09. The summed E-state index contributed by atoms with van der Waals surface area (Å²) in [4.78, 5) is 11.4. The normalized spacial score (nSPS) is 9.76. The van der Waals surface area contributed by atoms with Gasteiger partial charge in [0, 0.05) is 5.69 Å². The summed E-state index contributed by atoms with van der Waals surface area (Å²) >= 11 is 0. The van der Waals surface area contributed by atoms with E-state index >= 15 is 0 Å². The Morgan fingerprint density at radius 2 is 2.05 bits per heavy atom. The van der Waals surface area contributed by atoms with Gasteiger partial charge in [-0.25, -0.2) is 4.39 Å². The lowest BCUT2D eigenvalue weighted by atomic mass is 10.0. The number of hydrogen-bond acceptors (Lipinski definition) is 3. The van der Waals surface area contributed by atoms with Crippen molar-refractivity contribution >= 4 is 11.6 Å². The van der Waals surface area contributed by atoms with Crippen LogP contribution in [0.5, 0.6) is 5.75 Å². The minimum atomic E-state index is -0.450. The predicted octanol–water partition coefficient (Wildman–Crippen LogP) is 3.35. The molecule has 2 aromatic rings. The van der Waals surface area contributed by atoms with Crippen LogP contribution >= 0.6 is 0 Å². The Balaban J connectivity index is 2.27. The third-order valence-electron chi connectivity index (χ3n) is 2.87. The van der Waals surface area contributed by atoms with E-state index in [1.807, 2.05) is 0 Å². The quantitative estimate of drug-likeness (QED) is 0.936. The number of carbonyl (C=O) groups is 1. The summed E-state index contributed by atoms with van der Waals surface area (Å²) < 4.78 is 18.6. The number of nitrogens with one attached hydrogen (secondary N) is 1. The maximum atomic E-state index is 13.7. The minimum Gasteiger partial charge on any atom is -0.494 e. The lowest BCUT2D eigenvalue weighted by Gasteiger charge is -2.08. The molecule has 0 heterocycles. The Labute approximate surface area is 121 Å². The zero-order valence-electron chi connectivity index (χ0n) is 11.4. The molecule has 0 radical (unpaired) electrons. The van der Waals surface area contributed by atoms with Crippen LogP contribution in [0.1, 0.15) is 6.42 Å². The third-order valence-corrected chi connectivity index (χ3v) is 2.87. The Morgan fingerprint density at radius 1 is 1.29 bits per heavy atom. The fourth-order valence-electron chi connectivity index (χ4n) is 1.90. The largest absolute Gasteiger partial charge is 0.494 e. The molecule has 5 heteroatoms. The van der Waals surface area contributed by atoms with Crippen molar-refractivity contribution in [3.63, 3.8) is 0 Å². The fourth-order valence-corrected chi connectivity index (χ4v) is 1.90. The highest BCUT2D eigenvalue weighted by molar-refractivity contribution is 5.92. The zero-order valence-corrected chi connectivity index (χ0v) is 11.4. The van der Waals surface area contributed by atoms with Crippen molar-refractivity contribution in [1.82, 2.24) is 0 Å². The van der Waals surface area contributed by atoms with Gasteiger partial charge in [-0.1, -0.05) is 18.2 Å². The fraction of sp³-hybridized carbons (Fsp3) is 0.125. The monoisotopic (exact) mass is 284 g/mol. The van der Waals surface area contributed by atoms with E-state index in [9.17, 15) is 9.18 Å². The van der Waals surface area contributed by atoms with Gasteiger partial charge in [-0.2, -0.15) is 5.26 Å². The van der Waals surface area contributed by atoms with Gasteiger partial charge in [0.15, 0.2) is 11.6 Å². The third kappa shape index (κ3) is 3.57. The molecular weight excluding hydrogens is 271 g/mol. The van der Waals surface area contributed by atoms with Gasteiger partial charge in [-0.3, -0.25) is 4.79 Å². The molecular formula is C16H13FN2O2.